The number of methoxy groups -OCH3 is 1. The van der Waals surface area contributed by atoms with Crippen molar-refractivity contribution in [2.75, 3.05) is 25.6 Å². The second-order valence-electron chi connectivity index (χ2n) is 7.54. The summed E-state index contributed by atoms with van der Waals surface area (Å²) in [7, 11) is 1.61. The number of aryl methyl sites for hydroxylation is 1. The van der Waals surface area contributed by atoms with E-state index in [9.17, 15) is 9.18 Å². The molecule has 0 aliphatic heterocycles. The third-order valence-electron chi connectivity index (χ3n) is 5.52. The summed E-state index contributed by atoms with van der Waals surface area (Å²) in [6.07, 6.45) is 0. The van der Waals surface area contributed by atoms with Gasteiger partial charge in [0.2, 0.25) is 0 Å². The molecular weight excluding hydrogens is 461 g/mol. The Morgan fingerprint density at radius 3 is 2.73 bits per heavy atom. The Bertz CT molecular complexity index is 1260. The lowest BCUT2D eigenvalue weighted by Crippen LogP contribution is -2.37. The van der Waals surface area contributed by atoms with Crippen LogP contribution in [0.15, 0.2) is 60.0 Å². The Morgan fingerprint density at radius 1 is 1.21 bits per heavy atom. The molecule has 0 aliphatic rings. The van der Waals surface area contributed by atoms with Crippen LogP contribution in [0.5, 0.6) is 0 Å². The van der Waals surface area contributed by atoms with Crippen LogP contribution >= 0.6 is 22.9 Å². The van der Waals surface area contributed by atoms with Crippen molar-refractivity contribution in [1.82, 2.24) is 9.47 Å². The Balaban J connectivity index is 1.73. The number of amides is 2. The predicted molar refractivity (Wildman–Crippen MR) is 134 cm³/mol. The van der Waals surface area contributed by atoms with Gasteiger partial charge in [-0.1, -0.05) is 35.9 Å². The Kier molecular flexibility index (Phi) is 7.33. The molecule has 1 N–H and O–H groups in total. The van der Waals surface area contributed by atoms with Crippen LogP contribution in [0.25, 0.3) is 21.5 Å². The third kappa shape index (κ3) is 4.90. The first kappa shape index (κ1) is 23.3. The van der Waals surface area contributed by atoms with Gasteiger partial charge in [0.15, 0.2) is 0 Å². The van der Waals surface area contributed by atoms with E-state index in [1.807, 2.05) is 18.2 Å². The first-order valence-electron chi connectivity index (χ1n) is 10.7. The van der Waals surface area contributed by atoms with E-state index in [-0.39, 0.29) is 11.1 Å². The van der Waals surface area contributed by atoms with Gasteiger partial charge in [0.25, 0.3) is 0 Å². The van der Waals surface area contributed by atoms with Crippen molar-refractivity contribution in [2.45, 2.75) is 20.0 Å². The fourth-order valence-electron chi connectivity index (χ4n) is 3.98. The number of hydrogen-bond donors (Lipinski definition) is 1. The summed E-state index contributed by atoms with van der Waals surface area (Å²) < 4.78 is 21.1. The van der Waals surface area contributed by atoms with Gasteiger partial charge in [-0.2, -0.15) is 0 Å². The second kappa shape index (κ2) is 10.4. The van der Waals surface area contributed by atoms with Gasteiger partial charge in [-0.25, -0.2) is 9.18 Å². The standard InChI is InChI=1S/C25H25ClFN3O2S/c1-3-30-22-8-5-4-7-18(22)19(24(30)23-9-6-14-33-23)16-29(12-13-32-2)25(31)28-17-10-11-21(27)20(26)15-17/h4-11,14-15H,3,12-13,16H2,1-2H3,(H,28,31). The number of halogens is 2. The topological polar surface area (TPSA) is 46.5 Å². The molecule has 4 aromatic rings. The molecule has 0 bridgehead atoms. The normalized spacial score (nSPS) is 11.2. The molecule has 0 fully saturated rings. The molecule has 0 saturated heterocycles. The summed E-state index contributed by atoms with van der Waals surface area (Å²) in [4.78, 5) is 16.1. The van der Waals surface area contributed by atoms with Crippen LogP contribution in [0.3, 0.4) is 0 Å². The molecule has 0 aliphatic carbocycles. The Labute approximate surface area is 201 Å². The maximum absolute atomic E-state index is 13.5. The number of rotatable bonds is 8. The van der Waals surface area contributed by atoms with Gasteiger partial charge in [0, 0.05) is 42.4 Å². The lowest BCUT2D eigenvalue weighted by molar-refractivity contribution is 0.153. The molecule has 8 heteroatoms. The molecule has 0 unspecified atom stereocenters. The molecule has 2 amide bonds. The zero-order valence-electron chi connectivity index (χ0n) is 18.5. The largest absolute Gasteiger partial charge is 0.383 e. The first-order chi connectivity index (χ1) is 16.0. The smallest absolute Gasteiger partial charge is 0.322 e. The zero-order chi connectivity index (χ0) is 23.4. The van der Waals surface area contributed by atoms with E-state index in [0.29, 0.717) is 25.4 Å². The molecule has 172 valence electrons. The van der Waals surface area contributed by atoms with Gasteiger partial charge in [-0.05, 0) is 42.6 Å². The molecule has 4 rings (SSSR count). The van der Waals surface area contributed by atoms with Crippen molar-refractivity contribution in [3.63, 3.8) is 0 Å². The van der Waals surface area contributed by atoms with Crippen molar-refractivity contribution in [3.8, 4) is 10.6 Å². The highest BCUT2D eigenvalue weighted by Gasteiger charge is 2.23. The molecule has 0 spiro atoms. The minimum Gasteiger partial charge on any atom is -0.383 e. The van der Waals surface area contributed by atoms with Gasteiger partial charge >= 0.3 is 6.03 Å². The van der Waals surface area contributed by atoms with Crippen LogP contribution in [-0.4, -0.2) is 35.8 Å². The fourth-order valence-corrected chi connectivity index (χ4v) is 4.97. The number of nitrogens with zero attached hydrogens (tertiary/aromatic N) is 2. The van der Waals surface area contributed by atoms with Gasteiger partial charge in [0.05, 0.1) is 28.7 Å². The number of benzene rings is 2. The fraction of sp³-hybridized carbons (Fsp3) is 0.240. The summed E-state index contributed by atoms with van der Waals surface area (Å²) in [5, 5.41) is 5.97. The summed E-state index contributed by atoms with van der Waals surface area (Å²) in [5.74, 6) is -0.529. The van der Waals surface area contributed by atoms with Crippen molar-refractivity contribution in [1.29, 1.82) is 0 Å². The van der Waals surface area contributed by atoms with Crippen LogP contribution < -0.4 is 5.32 Å². The highest BCUT2D eigenvalue weighted by atomic mass is 35.5. The van der Waals surface area contributed by atoms with E-state index in [4.69, 9.17) is 16.3 Å². The summed E-state index contributed by atoms with van der Waals surface area (Å²) in [5.41, 5.74) is 3.77. The summed E-state index contributed by atoms with van der Waals surface area (Å²) in [6, 6.07) is 16.2. The lowest BCUT2D eigenvalue weighted by atomic mass is 10.1. The number of aromatic nitrogens is 1. The zero-order valence-corrected chi connectivity index (χ0v) is 20.0. The number of carbonyl (C=O) groups is 1. The number of urea groups is 1. The second-order valence-corrected chi connectivity index (χ2v) is 8.89. The van der Waals surface area contributed by atoms with Gasteiger partial charge in [0.1, 0.15) is 5.82 Å². The molecule has 0 saturated carbocycles. The minimum atomic E-state index is -0.529. The predicted octanol–water partition coefficient (Wildman–Crippen LogP) is 6.86. The molecule has 2 heterocycles. The molecule has 5 nitrogen and oxygen atoms in total. The minimum absolute atomic E-state index is 0.0396. The monoisotopic (exact) mass is 485 g/mol. The highest BCUT2D eigenvalue weighted by molar-refractivity contribution is 7.13. The van der Waals surface area contributed by atoms with E-state index in [1.54, 1.807) is 23.3 Å². The molecule has 0 atom stereocenters. The third-order valence-corrected chi connectivity index (χ3v) is 6.69. The number of para-hydroxylation sites is 1. The van der Waals surface area contributed by atoms with E-state index in [1.165, 1.54) is 18.2 Å². The number of fused-ring (bicyclic) bond motifs is 1. The summed E-state index contributed by atoms with van der Waals surface area (Å²) in [6.45, 7) is 4.11. The average molecular weight is 486 g/mol. The highest BCUT2D eigenvalue weighted by Crippen LogP contribution is 2.37. The van der Waals surface area contributed by atoms with E-state index >= 15 is 0 Å². The summed E-state index contributed by atoms with van der Waals surface area (Å²) >= 11 is 7.57. The number of anilines is 1. The lowest BCUT2D eigenvalue weighted by Gasteiger charge is -2.24. The number of carbonyl (C=O) groups excluding carboxylic acids is 1. The van der Waals surface area contributed by atoms with Crippen LogP contribution in [0, 0.1) is 5.82 Å². The van der Waals surface area contributed by atoms with Crippen LogP contribution in [0.4, 0.5) is 14.9 Å². The van der Waals surface area contributed by atoms with E-state index < -0.39 is 5.82 Å². The van der Waals surface area contributed by atoms with Gasteiger partial charge in [-0.3, -0.25) is 0 Å². The van der Waals surface area contributed by atoms with Crippen LogP contribution in [0.2, 0.25) is 5.02 Å². The number of ether oxygens (including phenoxy) is 1. The van der Waals surface area contributed by atoms with Crippen molar-refractivity contribution < 1.29 is 13.9 Å². The molecule has 0 radical (unpaired) electrons. The molecule has 2 aromatic carbocycles. The number of nitrogens with one attached hydrogen (secondary N) is 1. The molecule has 2 aromatic heterocycles. The van der Waals surface area contributed by atoms with Crippen LogP contribution in [0.1, 0.15) is 12.5 Å². The van der Waals surface area contributed by atoms with Crippen LogP contribution in [-0.2, 0) is 17.8 Å². The first-order valence-corrected chi connectivity index (χ1v) is 11.9. The SMILES string of the molecule is CCn1c(-c2cccs2)c(CN(CCOC)C(=O)Nc2ccc(F)c(Cl)c2)c2ccccc21. The maximum Gasteiger partial charge on any atom is 0.322 e. The molecule has 33 heavy (non-hydrogen) atoms. The Hall–Kier alpha value is -2.87. The van der Waals surface area contributed by atoms with Crippen molar-refractivity contribution in [2.24, 2.45) is 0 Å². The van der Waals surface area contributed by atoms with Gasteiger partial charge < -0.3 is 19.5 Å². The number of hydrogen-bond acceptors (Lipinski definition) is 3. The average Bonchev–Trinajstić information content (AvgIpc) is 3.45. The quantitative estimate of drug-likeness (QED) is 0.296. The Morgan fingerprint density at radius 2 is 2.03 bits per heavy atom. The molecular formula is C25H25ClFN3O2S. The van der Waals surface area contributed by atoms with Crippen molar-refractivity contribution >= 4 is 45.6 Å². The maximum atomic E-state index is 13.5. The van der Waals surface area contributed by atoms with Crippen molar-refractivity contribution in [3.05, 3.63) is 76.4 Å². The van der Waals surface area contributed by atoms with Gasteiger partial charge in [-0.15, -0.1) is 11.3 Å². The van der Waals surface area contributed by atoms with E-state index in [2.05, 4.69) is 40.4 Å². The van der Waals surface area contributed by atoms with E-state index in [0.717, 1.165) is 33.6 Å². The number of thiophene rings is 1.